The van der Waals surface area contributed by atoms with Crippen LogP contribution in [-0.4, -0.2) is 71.4 Å². The summed E-state index contributed by atoms with van der Waals surface area (Å²) in [5.41, 5.74) is -1.15. The van der Waals surface area contributed by atoms with Crippen LogP contribution in [-0.2, 0) is 0 Å². The van der Waals surface area contributed by atoms with Crippen molar-refractivity contribution in [2.24, 2.45) is 5.41 Å². The molecule has 3 aromatic carbocycles. The number of aromatic nitrogens is 2. The minimum atomic E-state index is -1.04. The number of hydrogen-bond donors (Lipinski definition) is 2. The molecule has 3 saturated heterocycles. The molecule has 2 N–H and O–H groups in total. The number of rotatable bonds is 5. The van der Waals surface area contributed by atoms with Gasteiger partial charge in [-0.15, -0.1) is 6.42 Å². The SMILES string of the molecule is C#Cc1c(F)ccc2cc(O)cc(-c3c(F)cc4c(N5C[C@H]6CC[C@@H](C5)N6)nc(OC(C)[C@]5(C)CN(C)CC/C5=C\F)nc4c3F)c12. The molecule has 7 rings (SSSR count). The predicted octanol–water partition coefficient (Wildman–Crippen LogP) is 6.46. The fraction of sp³-hybridized carbons (Fsp3) is 0.389. The number of fused-ring (bicyclic) bond motifs is 4. The van der Waals surface area contributed by atoms with Crippen LogP contribution in [0, 0.1) is 35.2 Å². The largest absolute Gasteiger partial charge is 0.508 e. The maximum Gasteiger partial charge on any atom is 0.319 e. The lowest BCUT2D eigenvalue weighted by Crippen LogP contribution is -2.51. The molecular weight excluding hydrogens is 610 g/mol. The van der Waals surface area contributed by atoms with Crippen LogP contribution in [0.4, 0.5) is 23.4 Å². The molecule has 4 atom stereocenters. The summed E-state index contributed by atoms with van der Waals surface area (Å²) in [5.74, 6) is -0.383. The summed E-state index contributed by atoms with van der Waals surface area (Å²) in [4.78, 5) is 13.3. The number of aromatic hydroxyl groups is 1. The molecule has 3 aliphatic rings. The maximum atomic E-state index is 16.9. The van der Waals surface area contributed by atoms with Crippen LogP contribution >= 0.6 is 0 Å². The molecule has 4 heterocycles. The zero-order chi connectivity index (χ0) is 33.2. The second kappa shape index (κ2) is 11.7. The summed E-state index contributed by atoms with van der Waals surface area (Å²) in [6, 6.07) is 6.48. The van der Waals surface area contributed by atoms with E-state index in [4.69, 9.17) is 16.1 Å². The average Bonchev–Trinajstić information content (AvgIpc) is 3.38. The molecule has 3 aliphatic heterocycles. The highest BCUT2D eigenvalue weighted by molar-refractivity contribution is 6.04. The average molecular weight is 646 g/mol. The van der Waals surface area contributed by atoms with Gasteiger partial charge in [0, 0.05) is 60.0 Å². The fourth-order valence-corrected chi connectivity index (χ4v) is 7.63. The van der Waals surface area contributed by atoms with Crippen LogP contribution in [0.25, 0.3) is 32.8 Å². The quantitative estimate of drug-likeness (QED) is 0.191. The van der Waals surface area contributed by atoms with Crippen molar-refractivity contribution < 1.29 is 27.4 Å². The molecule has 1 aromatic heterocycles. The van der Waals surface area contributed by atoms with Crippen molar-refractivity contribution in [2.45, 2.75) is 51.3 Å². The molecule has 7 nitrogen and oxygen atoms in total. The van der Waals surface area contributed by atoms with E-state index >= 15 is 8.78 Å². The normalized spacial score (nSPS) is 24.6. The van der Waals surface area contributed by atoms with E-state index < -0.39 is 34.5 Å². The van der Waals surface area contributed by atoms with Gasteiger partial charge < -0.3 is 25.0 Å². The van der Waals surface area contributed by atoms with Crippen LogP contribution in [0.2, 0.25) is 0 Å². The number of ether oxygens (including phenoxy) is 1. The minimum Gasteiger partial charge on any atom is -0.508 e. The highest BCUT2D eigenvalue weighted by atomic mass is 19.1. The molecule has 0 radical (unpaired) electrons. The lowest BCUT2D eigenvalue weighted by Gasteiger charge is -2.43. The van der Waals surface area contributed by atoms with Gasteiger partial charge >= 0.3 is 6.01 Å². The molecule has 2 bridgehead atoms. The molecule has 0 aliphatic carbocycles. The van der Waals surface area contributed by atoms with Crippen LogP contribution in [0.3, 0.4) is 0 Å². The number of piperidine rings is 1. The number of nitrogens with one attached hydrogen (secondary N) is 1. The Labute approximate surface area is 270 Å². The van der Waals surface area contributed by atoms with E-state index in [1.165, 1.54) is 18.2 Å². The number of likely N-dealkylation sites (tertiary alicyclic amines) is 1. The zero-order valence-corrected chi connectivity index (χ0v) is 26.4. The second-order valence-electron chi connectivity index (χ2n) is 13.3. The smallest absolute Gasteiger partial charge is 0.319 e. The molecule has 1 unspecified atom stereocenters. The first-order valence-electron chi connectivity index (χ1n) is 15.8. The molecule has 0 saturated carbocycles. The molecular formula is C36H35F4N5O2. The number of halogens is 4. The number of nitrogens with zero attached hydrogens (tertiary/aromatic N) is 4. The van der Waals surface area contributed by atoms with Crippen molar-refractivity contribution in [3.63, 3.8) is 0 Å². The van der Waals surface area contributed by atoms with E-state index in [9.17, 15) is 13.9 Å². The van der Waals surface area contributed by atoms with Gasteiger partial charge in [0.2, 0.25) is 0 Å². The van der Waals surface area contributed by atoms with Gasteiger partial charge in [0.15, 0.2) is 5.82 Å². The van der Waals surface area contributed by atoms with Crippen molar-refractivity contribution in [3.05, 3.63) is 65.2 Å². The van der Waals surface area contributed by atoms with Crippen molar-refractivity contribution in [1.82, 2.24) is 20.2 Å². The van der Waals surface area contributed by atoms with Gasteiger partial charge in [-0.3, -0.25) is 0 Å². The third-order valence-electron chi connectivity index (χ3n) is 10.2. The van der Waals surface area contributed by atoms with Crippen LogP contribution in [0.5, 0.6) is 11.8 Å². The summed E-state index contributed by atoms with van der Waals surface area (Å²) in [7, 11) is 1.96. The summed E-state index contributed by atoms with van der Waals surface area (Å²) in [6.45, 7) is 6.09. The van der Waals surface area contributed by atoms with E-state index in [1.807, 2.05) is 25.8 Å². The van der Waals surface area contributed by atoms with E-state index in [0.717, 1.165) is 25.0 Å². The van der Waals surface area contributed by atoms with Crippen molar-refractivity contribution in [1.29, 1.82) is 0 Å². The van der Waals surface area contributed by atoms with Gasteiger partial charge in [-0.2, -0.15) is 9.97 Å². The molecule has 11 heteroatoms. The second-order valence-corrected chi connectivity index (χ2v) is 13.3. The predicted molar refractivity (Wildman–Crippen MR) is 174 cm³/mol. The maximum absolute atomic E-state index is 16.9. The third-order valence-corrected chi connectivity index (χ3v) is 10.2. The van der Waals surface area contributed by atoms with E-state index in [0.29, 0.717) is 55.7 Å². The monoisotopic (exact) mass is 645 g/mol. The lowest BCUT2D eigenvalue weighted by molar-refractivity contribution is 0.0461. The highest BCUT2D eigenvalue weighted by Crippen LogP contribution is 2.43. The number of hydrogen-bond acceptors (Lipinski definition) is 7. The van der Waals surface area contributed by atoms with Gasteiger partial charge in [0.25, 0.3) is 0 Å². The Bertz CT molecular complexity index is 1980. The van der Waals surface area contributed by atoms with Gasteiger partial charge in [0.1, 0.15) is 34.8 Å². The first-order chi connectivity index (χ1) is 22.5. The first-order valence-corrected chi connectivity index (χ1v) is 15.8. The number of terminal acetylenes is 1. The number of anilines is 1. The Kier molecular flexibility index (Phi) is 7.76. The van der Waals surface area contributed by atoms with E-state index in [1.54, 1.807) is 0 Å². The summed E-state index contributed by atoms with van der Waals surface area (Å²) >= 11 is 0. The lowest BCUT2D eigenvalue weighted by atomic mass is 9.74. The Morgan fingerprint density at radius 1 is 1.13 bits per heavy atom. The topological polar surface area (TPSA) is 73.8 Å². The fourth-order valence-electron chi connectivity index (χ4n) is 7.63. The standard InChI is InChI=1S/C36H35F4N5O2/c1-5-25-28(38)9-6-20-12-24(46)13-26(30(20)25)31-29(39)14-27-33(32(31)40)42-35(43-34(27)45-16-22-7-8-23(17-45)41-22)47-19(2)36(3)18-44(4)11-10-21(36)15-37/h1,6,9,12-15,19,22-23,41,46H,7-8,10-11,16-18H2,2-4H3/b21-15+/t19?,22-,23+,36-/m0/s1. The summed E-state index contributed by atoms with van der Waals surface area (Å²) < 4.78 is 68.5. The minimum absolute atomic E-state index is 0.0837. The number of phenols is 1. The Hall–Kier alpha value is -4.40. The number of piperazine rings is 1. The van der Waals surface area contributed by atoms with Crippen LogP contribution < -0.4 is 15.0 Å². The van der Waals surface area contributed by atoms with Gasteiger partial charge in [-0.05, 0) is 68.5 Å². The van der Waals surface area contributed by atoms with Crippen molar-refractivity contribution in [3.8, 4) is 35.2 Å². The number of phenolic OH excluding ortho intramolecular Hbond substituents is 1. The number of benzene rings is 3. The van der Waals surface area contributed by atoms with Gasteiger partial charge in [-0.1, -0.05) is 18.9 Å². The highest BCUT2D eigenvalue weighted by Gasteiger charge is 2.41. The van der Waals surface area contributed by atoms with Crippen LogP contribution in [0.15, 0.2) is 42.2 Å². The third kappa shape index (κ3) is 5.24. The molecule has 3 fully saturated rings. The molecule has 0 spiro atoms. The zero-order valence-electron chi connectivity index (χ0n) is 26.4. The Balaban J connectivity index is 1.43. The molecule has 244 valence electrons. The van der Waals surface area contributed by atoms with Crippen molar-refractivity contribution >= 4 is 27.5 Å². The van der Waals surface area contributed by atoms with Gasteiger partial charge in [0.05, 0.1) is 17.5 Å². The summed E-state index contributed by atoms with van der Waals surface area (Å²) in [6.07, 6.45) is 8.14. The molecule has 0 amide bonds. The van der Waals surface area contributed by atoms with Crippen LogP contribution in [0.1, 0.15) is 38.7 Å². The van der Waals surface area contributed by atoms with E-state index in [2.05, 4.69) is 21.1 Å². The first kappa shape index (κ1) is 31.2. The molecule has 4 aromatic rings. The van der Waals surface area contributed by atoms with Gasteiger partial charge in [-0.25, -0.2) is 17.6 Å². The Morgan fingerprint density at radius 2 is 1.87 bits per heavy atom. The Morgan fingerprint density at radius 3 is 2.57 bits per heavy atom. The molecule has 47 heavy (non-hydrogen) atoms. The summed E-state index contributed by atoms with van der Waals surface area (Å²) in [5, 5.41) is 14.6. The van der Waals surface area contributed by atoms with Crippen molar-refractivity contribution in [2.75, 3.05) is 38.1 Å². The van der Waals surface area contributed by atoms with E-state index in [-0.39, 0.29) is 51.3 Å².